The zero-order valence-electron chi connectivity index (χ0n) is 11.1. The summed E-state index contributed by atoms with van der Waals surface area (Å²) in [6, 6.07) is 3.72. The highest BCUT2D eigenvalue weighted by Crippen LogP contribution is 2.12. The lowest BCUT2D eigenvalue weighted by Gasteiger charge is -2.21. The number of carbonyl (C=O) groups excluding carboxylic acids is 1. The first-order valence-electron chi connectivity index (χ1n) is 6.34. The molecule has 1 aromatic heterocycles. The first-order chi connectivity index (χ1) is 9.15. The molecule has 0 spiro atoms. The van der Waals surface area contributed by atoms with Gasteiger partial charge in [0.15, 0.2) is 0 Å². The Balaban J connectivity index is 2.52. The van der Waals surface area contributed by atoms with E-state index >= 15 is 0 Å². The molecule has 0 aromatic carbocycles. The lowest BCUT2D eigenvalue weighted by atomic mass is 10.3. The van der Waals surface area contributed by atoms with Crippen molar-refractivity contribution in [3.8, 4) is 0 Å². The number of hydrogen-bond donors (Lipinski definition) is 1. The fourth-order valence-electron chi connectivity index (χ4n) is 1.62. The van der Waals surface area contributed by atoms with Gasteiger partial charge in [-0.05, 0) is 24.8 Å². The van der Waals surface area contributed by atoms with Crippen molar-refractivity contribution in [2.45, 2.75) is 19.8 Å². The first-order valence-corrected chi connectivity index (χ1v) is 7.62. The molecule has 0 aliphatic rings. The SMILES string of the molecule is CCOCCCN(CCC(N)=S)C(=O)c1cccs1. The van der Waals surface area contributed by atoms with E-state index in [0.717, 1.165) is 11.3 Å². The van der Waals surface area contributed by atoms with E-state index in [1.54, 1.807) is 4.90 Å². The van der Waals surface area contributed by atoms with Crippen molar-refractivity contribution >= 4 is 34.5 Å². The van der Waals surface area contributed by atoms with Gasteiger partial charge in [0.25, 0.3) is 5.91 Å². The Morgan fingerprint density at radius 3 is 2.89 bits per heavy atom. The molecule has 6 heteroatoms. The van der Waals surface area contributed by atoms with E-state index < -0.39 is 0 Å². The quantitative estimate of drug-likeness (QED) is 0.561. The molecule has 106 valence electrons. The molecule has 0 bridgehead atoms. The Labute approximate surface area is 123 Å². The molecule has 0 aliphatic carbocycles. The van der Waals surface area contributed by atoms with Crippen LogP contribution in [0.5, 0.6) is 0 Å². The van der Waals surface area contributed by atoms with E-state index in [9.17, 15) is 4.79 Å². The molecule has 0 aliphatic heterocycles. The summed E-state index contributed by atoms with van der Waals surface area (Å²) in [7, 11) is 0. The van der Waals surface area contributed by atoms with E-state index in [2.05, 4.69) is 0 Å². The zero-order chi connectivity index (χ0) is 14.1. The summed E-state index contributed by atoms with van der Waals surface area (Å²) in [5, 5.41) is 1.90. The number of thiocarbonyl (C=S) groups is 1. The number of carbonyl (C=O) groups is 1. The van der Waals surface area contributed by atoms with Crippen molar-refractivity contribution in [1.29, 1.82) is 0 Å². The summed E-state index contributed by atoms with van der Waals surface area (Å²) >= 11 is 6.32. The normalized spacial score (nSPS) is 10.4. The second kappa shape index (κ2) is 9.01. The third-order valence-electron chi connectivity index (χ3n) is 2.57. The van der Waals surface area contributed by atoms with Gasteiger partial charge in [-0.15, -0.1) is 11.3 Å². The van der Waals surface area contributed by atoms with Crippen LogP contribution in [0.1, 0.15) is 29.4 Å². The molecular weight excluding hydrogens is 280 g/mol. The van der Waals surface area contributed by atoms with Gasteiger partial charge in [-0.25, -0.2) is 0 Å². The highest BCUT2D eigenvalue weighted by Gasteiger charge is 2.16. The molecule has 19 heavy (non-hydrogen) atoms. The average Bonchev–Trinajstić information content (AvgIpc) is 2.90. The van der Waals surface area contributed by atoms with Crippen molar-refractivity contribution in [3.05, 3.63) is 22.4 Å². The highest BCUT2D eigenvalue weighted by molar-refractivity contribution is 7.80. The monoisotopic (exact) mass is 300 g/mol. The van der Waals surface area contributed by atoms with Gasteiger partial charge in [0.05, 0.1) is 9.87 Å². The molecule has 0 radical (unpaired) electrons. The number of nitrogens with two attached hydrogens (primary N) is 1. The average molecular weight is 300 g/mol. The van der Waals surface area contributed by atoms with Crippen LogP contribution in [0.3, 0.4) is 0 Å². The van der Waals surface area contributed by atoms with Crippen LogP contribution in [-0.2, 0) is 4.74 Å². The van der Waals surface area contributed by atoms with Crippen molar-refractivity contribution in [3.63, 3.8) is 0 Å². The summed E-state index contributed by atoms with van der Waals surface area (Å²) in [6.45, 7) is 4.56. The Kier molecular flexibility index (Phi) is 7.62. The standard InChI is InChI=1S/C13H20N2O2S2/c1-2-17-9-4-7-15(8-6-12(14)18)13(16)11-5-3-10-19-11/h3,5,10H,2,4,6-9H2,1H3,(H2,14,18). The molecular formula is C13H20N2O2S2. The fraction of sp³-hybridized carbons (Fsp3) is 0.538. The minimum absolute atomic E-state index is 0.0442. The predicted molar refractivity (Wildman–Crippen MR) is 82.7 cm³/mol. The largest absolute Gasteiger partial charge is 0.393 e. The Morgan fingerprint density at radius 2 is 2.32 bits per heavy atom. The molecule has 0 saturated heterocycles. The number of rotatable bonds is 9. The fourth-order valence-corrected chi connectivity index (χ4v) is 2.40. The van der Waals surface area contributed by atoms with Crippen LogP contribution in [0.15, 0.2) is 17.5 Å². The molecule has 0 fully saturated rings. The topological polar surface area (TPSA) is 55.6 Å². The Bertz CT molecular complexity index is 393. The lowest BCUT2D eigenvalue weighted by molar-refractivity contribution is 0.0735. The van der Waals surface area contributed by atoms with Gasteiger partial charge in [-0.3, -0.25) is 4.79 Å². The smallest absolute Gasteiger partial charge is 0.263 e. The van der Waals surface area contributed by atoms with Crippen molar-refractivity contribution in [1.82, 2.24) is 4.90 Å². The van der Waals surface area contributed by atoms with Gasteiger partial charge in [0, 0.05) is 32.7 Å². The first kappa shape index (κ1) is 16.1. The van der Waals surface area contributed by atoms with Gasteiger partial charge in [-0.2, -0.15) is 0 Å². The van der Waals surface area contributed by atoms with Crippen LogP contribution in [-0.4, -0.2) is 42.1 Å². The summed E-state index contributed by atoms with van der Waals surface area (Å²) in [5.74, 6) is 0.0442. The van der Waals surface area contributed by atoms with E-state index in [0.29, 0.717) is 37.7 Å². The van der Waals surface area contributed by atoms with Crippen LogP contribution in [0.4, 0.5) is 0 Å². The maximum atomic E-state index is 12.3. The van der Waals surface area contributed by atoms with Gasteiger partial charge < -0.3 is 15.4 Å². The molecule has 1 amide bonds. The number of hydrogen-bond acceptors (Lipinski definition) is 4. The molecule has 1 heterocycles. The lowest BCUT2D eigenvalue weighted by Crippen LogP contribution is -2.34. The van der Waals surface area contributed by atoms with Crippen LogP contribution in [0.25, 0.3) is 0 Å². The number of thiophene rings is 1. The Morgan fingerprint density at radius 1 is 1.53 bits per heavy atom. The molecule has 2 N–H and O–H groups in total. The maximum absolute atomic E-state index is 12.3. The second-order valence-electron chi connectivity index (χ2n) is 4.04. The number of amides is 1. The van der Waals surface area contributed by atoms with Crippen LogP contribution in [0.2, 0.25) is 0 Å². The van der Waals surface area contributed by atoms with Crippen molar-refractivity contribution < 1.29 is 9.53 Å². The van der Waals surface area contributed by atoms with E-state index in [4.69, 9.17) is 22.7 Å². The van der Waals surface area contributed by atoms with Gasteiger partial charge in [0.1, 0.15) is 0 Å². The maximum Gasteiger partial charge on any atom is 0.263 e. The molecule has 1 aromatic rings. The highest BCUT2D eigenvalue weighted by atomic mass is 32.1. The zero-order valence-corrected chi connectivity index (χ0v) is 12.8. The number of ether oxygens (including phenoxy) is 1. The third kappa shape index (κ3) is 6.13. The van der Waals surface area contributed by atoms with Gasteiger partial charge >= 0.3 is 0 Å². The third-order valence-corrected chi connectivity index (χ3v) is 3.63. The van der Waals surface area contributed by atoms with Crippen LogP contribution < -0.4 is 5.73 Å². The van der Waals surface area contributed by atoms with E-state index in [-0.39, 0.29) is 5.91 Å². The van der Waals surface area contributed by atoms with Gasteiger partial charge in [-0.1, -0.05) is 18.3 Å². The molecule has 0 atom stereocenters. The molecule has 1 rings (SSSR count). The van der Waals surface area contributed by atoms with E-state index in [1.807, 2.05) is 24.4 Å². The van der Waals surface area contributed by atoms with Gasteiger partial charge in [0.2, 0.25) is 0 Å². The molecule has 0 saturated carbocycles. The minimum atomic E-state index is 0.0442. The van der Waals surface area contributed by atoms with Crippen LogP contribution >= 0.6 is 23.6 Å². The van der Waals surface area contributed by atoms with Crippen LogP contribution in [0, 0.1) is 0 Å². The van der Waals surface area contributed by atoms with Crippen molar-refractivity contribution in [2.75, 3.05) is 26.3 Å². The number of nitrogens with zero attached hydrogens (tertiary/aromatic N) is 1. The van der Waals surface area contributed by atoms with E-state index in [1.165, 1.54) is 11.3 Å². The summed E-state index contributed by atoms with van der Waals surface area (Å²) < 4.78 is 5.29. The Hall–Kier alpha value is -0.980. The minimum Gasteiger partial charge on any atom is -0.393 e. The summed E-state index contributed by atoms with van der Waals surface area (Å²) in [6.07, 6.45) is 1.38. The molecule has 0 unspecified atom stereocenters. The predicted octanol–water partition coefficient (Wildman–Crippen LogP) is 2.29. The summed E-state index contributed by atoms with van der Waals surface area (Å²) in [5.41, 5.74) is 5.51. The van der Waals surface area contributed by atoms with Crippen molar-refractivity contribution in [2.24, 2.45) is 5.73 Å². The summed E-state index contributed by atoms with van der Waals surface area (Å²) in [4.78, 5) is 15.3. The second-order valence-corrected chi connectivity index (χ2v) is 5.51. The molecule has 4 nitrogen and oxygen atoms in total.